The molecule has 0 bridgehead atoms. The van der Waals surface area contributed by atoms with Crippen LogP contribution in [0.4, 0.5) is 34.1 Å². The van der Waals surface area contributed by atoms with Crippen LogP contribution in [0.15, 0.2) is 431 Å². The molecule has 0 saturated carbocycles. The first-order chi connectivity index (χ1) is 57.1. The van der Waals surface area contributed by atoms with Gasteiger partial charge in [-0.15, -0.1) is 0 Å². The lowest BCUT2D eigenvalue weighted by Gasteiger charge is -2.32. The molecule has 24 rings (SSSR count). The van der Waals surface area contributed by atoms with E-state index in [1.165, 1.54) is 144 Å². The summed E-state index contributed by atoms with van der Waals surface area (Å²) < 4.78 is 2.47. The van der Waals surface area contributed by atoms with E-state index in [9.17, 15) is 0 Å². The monoisotopic (exact) mass is 1460 g/mol. The van der Waals surface area contributed by atoms with Crippen LogP contribution in [-0.4, -0.2) is 4.57 Å². The molecule has 115 heavy (non-hydrogen) atoms. The summed E-state index contributed by atoms with van der Waals surface area (Å²) in [7, 11) is 0. The molecule has 534 valence electrons. The topological polar surface area (TPSA) is 11.4 Å². The zero-order valence-electron chi connectivity index (χ0n) is 62.8. The van der Waals surface area contributed by atoms with Crippen LogP contribution in [0.5, 0.6) is 0 Å². The van der Waals surface area contributed by atoms with Crippen LogP contribution < -0.4 is 9.80 Å². The molecular formula is C112H71N3. The number of hydrogen-bond donors (Lipinski definition) is 0. The number of anilines is 6. The maximum atomic E-state index is 2.49. The Morgan fingerprint density at radius 3 is 0.774 bits per heavy atom. The Hall–Kier alpha value is -14.9. The van der Waals surface area contributed by atoms with E-state index in [0.29, 0.717) is 0 Å². The van der Waals surface area contributed by atoms with Crippen molar-refractivity contribution in [2.75, 3.05) is 9.80 Å². The van der Waals surface area contributed by atoms with Crippen molar-refractivity contribution in [2.24, 2.45) is 0 Å². The molecule has 4 aliphatic carbocycles. The van der Waals surface area contributed by atoms with Gasteiger partial charge in [-0.2, -0.15) is 0 Å². The van der Waals surface area contributed by atoms with E-state index in [1.54, 1.807) is 0 Å². The Morgan fingerprint density at radius 1 is 0.165 bits per heavy atom. The molecule has 1 heterocycles. The van der Waals surface area contributed by atoms with E-state index in [-0.39, 0.29) is 0 Å². The van der Waals surface area contributed by atoms with Crippen LogP contribution in [-0.2, 0) is 10.8 Å². The van der Waals surface area contributed by atoms with Crippen molar-refractivity contribution < 1.29 is 0 Å². The molecule has 2 spiro atoms. The number of para-hydroxylation sites is 2. The summed E-state index contributed by atoms with van der Waals surface area (Å²) in [5, 5.41) is 7.33. The van der Waals surface area contributed by atoms with Crippen LogP contribution in [0, 0.1) is 0 Å². The van der Waals surface area contributed by atoms with Gasteiger partial charge >= 0.3 is 0 Å². The fourth-order valence-corrected chi connectivity index (χ4v) is 20.9. The van der Waals surface area contributed by atoms with E-state index in [4.69, 9.17) is 0 Å². The van der Waals surface area contributed by atoms with Crippen LogP contribution in [0.25, 0.3) is 138 Å². The first-order valence-electron chi connectivity index (χ1n) is 40.0. The van der Waals surface area contributed by atoms with Gasteiger partial charge in [-0.3, -0.25) is 0 Å². The Balaban J connectivity index is 0.633. The number of benzene rings is 19. The number of fused-ring (bicyclic) bond motifs is 25. The zero-order valence-corrected chi connectivity index (χ0v) is 62.8. The second-order valence-electron chi connectivity index (χ2n) is 31.2. The smallest absolute Gasteiger partial charge is 0.0726 e. The summed E-state index contributed by atoms with van der Waals surface area (Å²) in [6.07, 6.45) is 0. The average Bonchev–Trinajstić information content (AvgIpc) is 1.51. The number of rotatable bonds is 11. The van der Waals surface area contributed by atoms with Gasteiger partial charge in [0.2, 0.25) is 0 Å². The summed E-state index contributed by atoms with van der Waals surface area (Å²) in [5.74, 6) is 0. The molecule has 20 aromatic rings. The van der Waals surface area contributed by atoms with Crippen LogP contribution in [0.2, 0.25) is 0 Å². The lowest BCUT2D eigenvalue weighted by molar-refractivity contribution is 0.793. The van der Waals surface area contributed by atoms with Crippen molar-refractivity contribution >= 4 is 77.5 Å². The molecule has 3 heteroatoms. The van der Waals surface area contributed by atoms with Gasteiger partial charge in [-0.1, -0.05) is 322 Å². The Bertz CT molecular complexity index is 6860. The molecule has 3 nitrogen and oxygen atoms in total. The normalized spacial score (nSPS) is 13.2. The third-order valence-electron chi connectivity index (χ3n) is 25.6. The summed E-state index contributed by atoms with van der Waals surface area (Å²) in [5.41, 5.74) is 39.5. The SMILES string of the molecule is c1ccc(-c2c3ccccc3c(-c3ccc(-n4c5ccc(-c6ccc(N(c7ccccc7)c7ccc8c(c7)C7(c9ccccc9-c9ccccc97)c7ccccc7-8)cc6)cc5c5cc(-c6ccc(N(c7ccccc7)c7ccc8c(c7)C7(c9ccccc9-c9ccccc97)c7ccccc7-8)cc6)ccc54)cc3)c3ccccc23)cc1. The fraction of sp³-hybridized carbons (Fsp3) is 0.0179. The van der Waals surface area contributed by atoms with E-state index in [2.05, 4.69) is 445 Å². The maximum absolute atomic E-state index is 2.49. The molecule has 0 aliphatic heterocycles. The van der Waals surface area contributed by atoms with Gasteiger partial charge in [0.1, 0.15) is 0 Å². The van der Waals surface area contributed by atoms with Gasteiger partial charge in [-0.05, 0) is 264 Å². The molecule has 0 amide bonds. The van der Waals surface area contributed by atoms with E-state index in [1.807, 2.05) is 0 Å². The molecule has 0 unspecified atom stereocenters. The van der Waals surface area contributed by atoms with E-state index < -0.39 is 10.8 Å². The molecule has 19 aromatic carbocycles. The first-order valence-corrected chi connectivity index (χ1v) is 40.0. The summed E-state index contributed by atoms with van der Waals surface area (Å²) in [4.78, 5) is 4.87. The lowest BCUT2D eigenvalue weighted by Crippen LogP contribution is -2.26. The number of nitrogens with zero attached hydrogens (tertiary/aromatic N) is 3. The Labute approximate surface area is 668 Å². The lowest BCUT2D eigenvalue weighted by atomic mass is 9.70. The third kappa shape index (κ3) is 9.41. The van der Waals surface area contributed by atoms with Crippen molar-refractivity contribution in [3.05, 3.63) is 475 Å². The largest absolute Gasteiger partial charge is 0.310 e. The van der Waals surface area contributed by atoms with Gasteiger partial charge in [-0.25, -0.2) is 0 Å². The van der Waals surface area contributed by atoms with E-state index in [0.717, 1.165) is 73.1 Å². The standard InChI is InChI=1S/C112H71N3/c1-4-26-74(27-5-1)109-93-38-10-12-40-95(93)110(96-41-13-11-39-94(96)109)75-52-60-82(61-53-75)115-107-66-54-76(72-48-56-80(57-49-72)113(78-28-6-2-7-29-78)83-62-64-91-89-36-18-24-46-103(89)111(105(91)70-83)99-42-20-14-32-85(99)86-33-15-21-43-100(86)111)68-97(107)98-69-77(55-67-108(98)115)73-50-58-81(59-51-73)114(79-30-8-3-9-31-79)84-63-65-92-90-37-19-25-47-104(90)112(106(92)71-84)101-44-22-16-34-87(101)88-35-17-23-45-102(88)112/h1-71H. The first kappa shape index (κ1) is 64.9. The molecule has 0 saturated heterocycles. The van der Waals surface area contributed by atoms with Crippen LogP contribution >= 0.6 is 0 Å². The Kier molecular flexibility index (Phi) is 14.3. The highest BCUT2D eigenvalue weighted by atomic mass is 15.1. The molecular weight excluding hydrogens is 1390 g/mol. The summed E-state index contributed by atoms with van der Waals surface area (Å²) in [6, 6.07) is 161. The minimum absolute atomic E-state index is 0.468. The molecule has 0 radical (unpaired) electrons. The molecule has 0 fully saturated rings. The third-order valence-corrected chi connectivity index (χ3v) is 25.6. The van der Waals surface area contributed by atoms with Gasteiger partial charge in [0.15, 0.2) is 0 Å². The predicted molar refractivity (Wildman–Crippen MR) is 479 cm³/mol. The van der Waals surface area contributed by atoms with Gasteiger partial charge in [0.25, 0.3) is 0 Å². The quantitative estimate of drug-likeness (QED) is 0.120. The summed E-state index contributed by atoms with van der Waals surface area (Å²) >= 11 is 0. The van der Waals surface area contributed by atoms with E-state index >= 15 is 0 Å². The highest BCUT2D eigenvalue weighted by Crippen LogP contribution is 2.66. The van der Waals surface area contributed by atoms with Crippen molar-refractivity contribution in [1.29, 1.82) is 0 Å². The predicted octanol–water partition coefficient (Wildman–Crippen LogP) is 29.4. The second kappa shape index (κ2) is 25.3. The van der Waals surface area contributed by atoms with Crippen molar-refractivity contribution in [3.63, 3.8) is 0 Å². The van der Waals surface area contributed by atoms with Crippen LogP contribution in [0.1, 0.15) is 44.5 Å². The average molecular weight is 1460 g/mol. The molecule has 1 aromatic heterocycles. The van der Waals surface area contributed by atoms with Crippen LogP contribution in [0.3, 0.4) is 0 Å². The van der Waals surface area contributed by atoms with Gasteiger partial charge < -0.3 is 14.4 Å². The highest BCUT2D eigenvalue weighted by molar-refractivity contribution is 6.22. The highest BCUT2D eigenvalue weighted by Gasteiger charge is 2.53. The van der Waals surface area contributed by atoms with Crippen molar-refractivity contribution in [3.8, 4) is 94.7 Å². The zero-order chi connectivity index (χ0) is 75.5. The molecule has 0 atom stereocenters. The minimum atomic E-state index is -0.468. The fourth-order valence-electron chi connectivity index (χ4n) is 20.9. The summed E-state index contributed by atoms with van der Waals surface area (Å²) in [6.45, 7) is 0. The van der Waals surface area contributed by atoms with Gasteiger partial charge in [0, 0.05) is 50.6 Å². The number of aromatic nitrogens is 1. The van der Waals surface area contributed by atoms with Gasteiger partial charge in [0.05, 0.1) is 21.9 Å². The second-order valence-corrected chi connectivity index (χ2v) is 31.2. The molecule has 0 N–H and O–H groups in total. The number of hydrogen-bond acceptors (Lipinski definition) is 2. The van der Waals surface area contributed by atoms with Crippen molar-refractivity contribution in [1.82, 2.24) is 4.57 Å². The minimum Gasteiger partial charge on any atom is -0.310 e. The Morgan fingerprint density at radius 2 is 0.426 bits per heavy atom. The molecule has 4 aliphatic rings. The van der Waals surface area contributed by atoms with Crippen molar-refractivity contribution in [2.45, 2.75) is 10.8 Å². The maximum Gasteiger partial charge on any atom is 0.0726 e.